The zero-order valence-electron chi connectivity index (χ0n) is 31.0. The normalized spacial score (nSPS) is 19.0. The number of hydrogen-bond donors (Lipinski definition) is 3. The van der Waals surface area contributed by atoms with E-state index in [0.717, 1.165) is 45.2 Å². The Labute approximate surface area is 327 Å². The first-order valence-electron chi connectivity index (χ1n) is 18.7. The lowest BCUT2D eigenvalue weighted by Gasteiger charge is -2.34. The van der Waals surface area contributed by atoms with Gasteiger partial charge in [-0.25, -0.2) is 0 Å². The van der Waals surface area contributed by atoms with Crippen molar-refractivity contribution in [3.05, 3.63) is 92.3 Å². The molecule has 1 saturated heterocycles. The van der Waals surface area contributed by atoms with Crippen molar-refractivity contribution in [2.75, 3.05) is 18.0 Å². The summed E-state index contributed by atoms with van der Waals surface area (Å²) in [5, 5.41) is 18.6. The topological polar surface area (TPSA) is 168 Å². The van der Waals surface area contributed by atoms with E-state index in [-0.39, 0.29) is 42.9 Å². The van der Waals surface area contributed by atoms with Gasteiger partial charge in [-0.3, -0.25) is 38.8 Å². The molecular weight excluding hydrogens is 740 g/mol. The fourth-order valence-corrected chi connectivity index (χ4v) is 8.86. The van der Waals surface area contributed by atoms with Crippen LogP contribution in [0.5, 0.6) is 0 Å². The number of thiophene rings is 1. The first kappa shape index (κ1) is 38.1. The molecule has 15 heteroatoms. The van der Waals surface area contributed by atoms with E-state index in [1.807, 2.05) is 60.0 Å². The molecule has 7 rings (SSSR count). The highest BCUT2D eigenvalue weighted by atomic mass is 35.5. The van der Waals surface area contributed by atoms with Gasteiger partial charge in [0.1, 0.15) is 22.9 Å². The molecule has 0 unspecified atom stereocenters. The molecule has 0 bridgehead atoms. The van der Waals surface area contributed by atoms with Crippen molar-refractivity contribution in [1.82, 2.24) is 30.7 Å². The van der Waals surface area contributed by atoms with Crippen LogP contribution >= 0.6 is 22.9 Å². The number of imide groups is 1. The third kappa shape index (κ3) is 7.97. The largest absolute Gasteiger partial charge is 0.356 e. The lowest BCUT2D eigenvalue weighted by Crippen LogP contribution is -2.53. The monoisotopic (exact) mass is 782 g/mol. The van der Waals surface area contributed by atoms with Crippen LogP contribution in [0.15, 0.2) is 53.5 Å². The van der Waals surface area contributed by atoms with Crippen molar-refractivity contribution in [2.24, 2.45) is 4.99 Å². The lowest BCUT2D eigenvalue weighted by atomic mass is 9.88. The summed E-state index contributed by atoms with van der Waals surface area (Å²) in [6, 6.07) is 13.6. The minimum Gasteiger partial charge on any atom is -0.356 e. The molecule has 4 aromatic rings. The lowest BCUT2D eigenvalue weighted by molar-refractivity contribution is -0.137. The van der Waals surface area contributed by atoms with Gasteiger partial charge in [0.15, 0.2) is 5.82 Å². The summed E-state index contributed by atoms with van der Waals surface area (Å²) >= 11 is 7.89. The minimum absolute atomic E-state index is 0.0263. The molecule has 1 fully saturated rings. The molecule has 0 saturated carbocycles. The summed E-state index contributed by atoms with van der Waals surface area (Å²) in [5.41, 5.74) is 5.27. The Morgan fingerprint density at radius 3 is 2.55 bits per heavy atom. The van der Waals surface area contributed by atoms with Crippen molar-refractivity contribution in [3.63, 3.8) is 0 Å². The Hall–Kier alpha value is -5.21. The molecule has 3 aliphatic rings. The minimum atomic E-state index is -0.755. The number of fused-ring (bicyclic) bond motifs is 4. The van der Waals surface area contributed by atoms with Gasteiger partial charge in [-0.2, -0.15) is 0 Å². The Balaban J connectivity index is 0.927. The van der Waals surface area contributed by atoms with E-state index < -0.39 is 23.9 Å². The number of aliphatic imine (C=N–C) groups is 1. The molecule has 0 radical (unpaired) electrons. The zero-order valence-corrected chi connectivity index (χ0v) is 32.6. The maximum Gasteiger partial charge on any atom is 0.249 e. The quantitative estimate of drug-likeness (QED) is 0.137. The molecule has 13 nitrogen and oxygen atoms in total. The number of anilines is 1. The van der Waals surface area contributed by atoms with E-state index in [1.54, 1.807) is 16.2 Å². The van der Waals surface area contributed by atoms with Crippen LogP contribution < -0.4 is 20.9 Å². The van der Waals surface area contributed by atoms with Crippen LogP contribution in [-0.4, -0.2) is 69.1 Å². The Kier molecular flexibility index (Phi) is 11.3. The van der Waals surface area contributed by atoms with E-state index >= 15 is 0 Å². The van der Waals surface area contributed by atoms with Crippen LogP contribution in [0.2, 0.25) is 5.02 Å². The van der Waals surface area contributed by atoms with Gasteiger partial charge in [0.05, 0.1) is 18.1 Å². The van der Waals surface area contributed by atoms with Gasteiger partial charge in [0, 0.05) is 52.6 Å². The number of nitrogens with zero attached hydrogens (tertiary/aromatic N) is 5. The van der Waals surface area contributed by atoms with Gasteiger partial charge in [-0.15, -0.1) is 21.5 Å². The molecule has 5 amide bonds. The van der Waals surface area contributed by atoms with E-state index in [4.69, 9.17) is 16.6 Å². The molecule has 55 heavy (non-hydrogen) atoms. The van der Waals surface area contributed by atoms with Crippen molar-refractivity contribution >= 4 is 63.9 Å². The number of carbonyl (C=O) groups excluding carboxylic acids is 5. The number of hydrogen-bond acceptors (Lipinski definition) is 9. The number of unbranched alkanes of at least 4 members (excludes halogenated alkanes) is 2. The molecule has 286 valence electrons. The number of aryl methyl sites for hydroxylation is 2. The van der Waals surface area contributed by atoms with Crippen LogP contribution in [0.25, 0.3) is 5.00 Å². The second-order valence-electron chi connectivity index (χ2n) is 14.2. The van der Waals surface area contributed by atoms with Crippen LogP contribution in [0.3, 0.4) is 0 Å². The highest BCUT2D eigenvalue weighted by Crippen LogP contribution is 2.40. The number of amides is 5. The summed E-state index contributed by atoms with van der Waals surface area (Å²) in [6.45, 7) is 6.92. The SMILES string of the molecule is Cc1sc2c(c1C)C(c1ccc(Cl)cc1)=N[C@@H](CC(=O)NCCCCCC(=O)N1CC[C@H](C(=O)N[C@@H]3CCC(=O)NC3=O)c3ccccc31)c1nnc(C)n1-2. The van der Waals surface area contributed by atoms with Crippen LogP contribution in [0.1, 0.15) is 102 Å². The fourth-order valence-electron chi connectivity index (χ4n) is 7.52. The Bertz CT molecular complexity index is 2190. The van der Waals surface area contributed by atoms with Gasteiger partial charge in [-0.1, -0.05) is 48.4 Å². The number of halogens is 1. The first-order valence-corrected chi connectivity index (χ1v) is 19.9. The third-order valence-corrected chi connectivity index (χ3v) is 12.0. The zero-order chi connectivity index (χ0) is 38.8. The van der Waals surface area contributed by atoms with Crippen molar-refractivity contribution in [1.29, 1.82) is 0 Å². The summed E-state index contributed by atoms with van der Waals surface area (Å²) in [5.74, 6) is -0.455. The van der Waals surface area contributed by atoms with Crippen LogP contribution in [0.4, 0.5) is 5.69 Å². The summed E-state index contributed by atoms with van der Waals surface area (Å²) in [4.78, 5) is 71.8. The van der Waals surface area contributed by atoms with Gasteiger partial charge in [0.25, 0.3) is 0 Å². The molecule has 3 atom stereocenters. The second-order valence-corrected chi connectivity index (χ2v) is 15.9. The highest BCUT2D eigenvalue weighted by molar-refractivity contribution is 7.15. The third-order valence-electron chi connectivity index (χ3n) is 10.5. The molecule has 3 aliphatic heterocycles. The number of benzene rings is 2. The van der Waals surface area contributed by atoms with Gasteiger partial charge >= 0.3 is 0 Å². The van der Waals surface area contributed by atoms with Gasteiger partial charge in [0.2, 0.25) is 29.5 Å². The standard InChI is InChI=1S/C40H43ClN8O5S/c1-22-23(2)55-40-35(22)36(25-12-14-26(41)15-13-25)43-30(37-47-46-24(3)49(37)40)21-33(51)42-19-8-4-5-11-34(52)48-20-18-28(27-9-6-7-10-31(27)48)38(53)44-29-16-17-32(50)45-39(29)54/h6-7,9-10,12-15,28-30H,4-5,8,11,16-21H2,1-3H3,(H,42,51)(H,44,53)(H,45,50,54)/t28-,29+,30-/m0/s1. The fraction of sp³-hybridized carbons (Fsp3) is 0.400. The van der Waals surface area contributed by atoms with Crippen LogP contribution in [0, 0.1) is 20.8 Å². The molecule has 0 spiro atoms. The molecule has 2 aromatic heterocycles. The second kappa shape index (κ2) is 16.3. The molecule has 3 N–H and O–H groups in total. The molecule has 2 aromatic carbocycles. The molecular formula is C40H43ClN8O5S. The molecule has 0 aliphatic carbocycles. The first-order chi connectivity index (χ1) is 26.5. The molecule has 5 heterocycles. The number of carbonyl (C=O) groups is 5. The van der Waals surface area contributed by atoms with Crippen molar-refractivity contribution in [3.8, 4) is 5.00 Å². The summed E-state index contributed by atoms with van der Waals surface area (Å²) in [6.07, 6.45) is 3.38. The van der Waals surface area contributed by atoms with Gasteiger partial charge < -0.3 is 15.5 Å². The number of nitrogens with one attached hydrogen (secondary N) is 3. The Morgan fingerprint density at radius 1 is 0.982 bits per heavy atom. The maximum atomic E-state index is 13.4. The summed E-state index contributed by atoms with van der Waals surface area (Å²) < 4.78 is 2.03. The number of para-hydroxylation sites is 1. The average Bonchev–Trinajstić information content (AvgIpc) is 3.65. The van der Waals surface area contributed by atoms with E-state index in [1.165, 1.54) is 4.88 Å². The summed E-state index contributed by atoms with van der Waals surface area (Å²) in [7, 11) is 0. The number of piperidine rings is 1. The van der Waals surface area contributed by atoms with E-state index in [0.29, 0.717) is 55.3 Å². The smallest absolute Gasteiger partial charge is 0.249 e. The predicted octanol–water partition coefficient (Wildman–Crippen LogP) is 5.31. The average molecular weight is 783 g/mol. The van der Waals surface area contributed by atoms with Crippen LogP contribution in [-0.2, 0) is 24.0 Å². The van der Waals surface area contributed by atoms with Crippen molar-refractivity contribution < 1.29 is 24.0 Å². The van der Waals surface area contributed by atoms with E-state index in [2.05, 4.69) is 40.0 Å². The van der Waals surface area contributed by atoms with Crippen molar-refractivity contribution in [2.45, 2.75) is 90.1 Å². The van der Waals surface area contributed by atoms with Gasteiger partial charge in [-0.05, 0) is 75.8 Å². The number of rotatable bonds is 11. The maximum absolute atomic E-state index is 13.4. The number of aromatic nitrogens is 3. The van der Waals surface area contributed by atoms with E-state index in [9.17, 15) is 24.0 Å². The highest BCUT2D eigenvalue weighted by Gasteiger charge is 2.36. The Morgan fingerprint density at radius 2 is 1.76 bits per heavy atom. The predicted molar refractivity (Wildman–Crippen MR) is 210 cm³/mol.